The van der Waals surface area contributed by atoms with Crippen LogP contribution in [-0.4, -0.2) is 44.5 Å². The molecule has 0 saturated carbocycles. The van der Waals surface area contributed by atoms with Crippen LogP contribution < -0.4 is 0 Å². The molecular weight excluding hydrogens is 291 g/mol. The molecule has 1 aromatic rings. The number of nitro groups is 1. The van der Waals surface area contributed by atoms with E-state index in [1.54, 1.807) is 0 Å². The van der Waals surface area contributed by atoms with Crippen molar-refractivity contribution in [2.24, 2.45) is 0 Å². The van der Waals surface area contributed by atoms with Gasteiger partial charge in [0.2, 0.25) is 0 Å². The largest absolute Gasteiger partial charge is 0.480 e. The summed E-state index contributed by atoms with van der Waals surface area (Å²) in [6, 6.07) is 1.64. The van der Waals surface area contributed by atoms with E-state index in [-0.39, 0.29) is 17.2 Å². The van der Waals surface area contributed by atoms with Crippen LogP contribution in [0.4, 0.5) is 10.1 Å². The van der Waals surface area contributed by atoms with Gasteiger partial charge in [-0.2, -0.15) is 0 Å². The van der Waals surface area contributed by atoms with E-state index in [1.165, 1.54) is 11.8 Å². The van der Waals surface area contributed by atoms with Gasteiger partial charge in [0.25, 0.3) is 11.6 Å². The van der Waals surface area contributed by atoms with Crippen LogP contribution in [0.25, 0.3) is 0 Å². The number of hydrogen-bond donors (Lipinski definition) is 1. The van der Waals surface area contributed by atoms with E-state index in [1.807, 2.05) is 0 Å². The summed E-state index contributed by atoms with van der Waals surface area (Å²) in [6.45, 7) is 0. The molecule has 0 aromatic heterocycles. The van der Waals surface area contributed by atoms with Gasteiger partial charge in [-0.15, -0.1) is 11.8 Å². The van der Waals surface area contributed by atoms with Crippen molar-refractivity contribution in [1.29, 1.82) is 0 Å². The molecule has 1 fully saturated rings. The molecule has 7 nitrogen and oxygen atoms in total. The minimum Gasteiger partial charge on any atom is -0.480 e. The number of non-ortho nitro benzene ring substituents is 1. The molecule has 20 heavy (non-hydrogen) atoms. The molecule has 0 unspecified atom stereocenters. The average Bonchev–Trinajstić information content (AvgIpc) is 2.87. The van der Waals surface area contributed by atoms with Crippen LogP contribution in [0.3, 0.4) is 0 Å². The summed E-state index contributed by atoms with van der Waals surface area (Å²) in [7, 11) is 0. The highest BCUT2D eigenvalue weighted by Crippen LogP contribution is 2.25. The van der Waals surface area contributed by atoms with Gasteiger partial charge in [0.15, 0.2) is 0 Å². The van der Waals surface area contributed by atoms with Crippen molar-refractivity contribution >= 4 is 29.3 Å². The minimum absolute atomic E-state index is 0.145. The molecule has 106 valence electrons. The lowest BCUT2D eigenvalue weighted by atomic mass is 10.1. The third-order valence-corrected chi connectivity index (χ3v) is 3.83. The Bertz CT molecular complexity index is 594. The number of nitro benzene ring substituents is 1. The summed E-state index contributed by atoms with van der Waals surface area (Å²) in [4.78, 5) is 33.8. The summed E-state index contributed by atoms with van der Waals surface area (Å²) in [6.07, 6.45) is 0. The number of nitrogens with zero attached hydrogens (tertiary/aromatic N) is 2. The van der Waals surface area contributed by atoms with Crippen LogP contribution in [0.5, 0.6) is 0 Å². The maximum atomic E-state index is 13.7. The number of thioether (sulfide) groups is 1. The number of halogens is 1. The number of carboxylic acid groups (broad SMARTS) is 1. The highest BCUT2D eigenvalue weighted by Gasteiger charge is 2.36. The third-order valence-electron chi connectivity index (χ3n) is 2.82. The molecule has 1 saturated heterocycles. The average molecular weight is 300 g/mol. The molecule has 1 atom stereocenters. The molecule has 2 rings (SSSR count). The summed E-state index contributed by atoms with van der Waals surface area (Å²) in [5, 5.41) is 19.5. The van der Waals surface area contributed by atoms with E-state index in [0.717, 1.165) is 17.0 Å². The number of benzene rings is 1. The Morgan fingerprint density at radius 2 is 2.20 bits per heavy atom. The topological polar surface area (TPSA) is 101 Å². The number of carboxylic acids is 1. The summed E-state index contributed by atoms with van der Waals surface area (Å²) in [5.74, 6) is -2.60. The lowest BCUT2D eigenvalue weighted by Crippen LogP contribution is -2.42. The molecule has 0 aliphatic carbocycles. The van der Waals surface area contributed by atoms with Gasteiger partial charge >= 0.3 is 5.97 Å². The molecule has 1 N–H and O–H groups in total. The molecule has 1 aliphatic heterocycles. The monoisotopic (exact) mass is 300 g/mol. The van der Waals surface area contributed by atoms with Crippen molar-refractivity contribution in [3.63, 3.8) is 0 Å². The SMILES string of the molecule is O=C(O)[C@@H]1CSCN1C(=O)c1ccc([N+](=O)[O-])cc1F. The molecule has 1 amide bonds. The van der Waals surface area contributed by atoms with Gasteiger partial charge in [0.1, 0.15) is 11.9 Å². The predicted octanol–water partition coefficient (Wildman–Crippen LogP) is 1.33. The van der Waals surface area contributed by atoms with Gasteiger partial charge in [-0.1, -0.05) is 0 Å². The van der Waals surface area contributed by atoms with Crippen LogP contribution in [0.15, 0.2) is 18.2 Å². The van der Waals surface area contributed by atoms with E-state index in [9.17, 15) is 24.1 Å². The smallest absolute Gasteiger partial charge is 0.327 e. The molecular formula is C11H9FN2O5S. The number of carbonyl (C=O) groups is 2. The van der Waals surface area contributed by atoms with Gasteiger partial charge in [-0.3, -0.25) is 14.9 Å². The minimum atomic E-state index is -1.16. The second kappa shape index (κ2) is 5.45. The zero-order valence-electron chi connectivity index (χ0n) is 9.98. The van der Waals surface area contributed by atoms with Crippen LogP contribution in [-0.2, 0) is 4.79 Å². The Morgan fingerprint density at radius 1 is 1.50 bits per heavy atom. The second-order valence-electron chi connectivity index (χ2n) is 4.05. The van der Waals surface area contributed by atoms with Crippen molar-refractivity contribution < 1.29 is 24.0 Å². The predicted molar refractivity (Wildman–Crippen MR) is 68.0 cm³/mol. The third kappa shape index (κ3) is 2.57. The van der Waals surface area contributed by atoms with Crippen molar-refractivity contribution in [2.45, 2.75) is 6.04 Å². The van der Waals surface area contributed by atoms with Crippen LogP contribution >= 0.6 is 11.8 Å². The molecule has 1 heterocycles. The fourth-order valence-electron chi connectivity index (χ4n) is 1.79. The van der Waals surface area contributed by atoms with E-state index in [4.69, 9.17) is 5.11 Å². The van der Waals surface area contributed by atoms with Crippen LogP contribution in [0.2, 0.25) is 0 Å². The van der Waals surface area contributed by atoms with Gasteiger partial charge in [-0.05, 0) is 6.07 Å². The number of aliphatic carboxylic acids is 1. The quantitative estimate of drug-likeness (QED) is 0.667. The number of amides is 1. The van der Waals surface area contributed by atoms with Crippen molar-refractivity contribution in [2.75, 3.05) is 11.6 Å². The van der Waals surface area contributed by atoms with Crippen molar-refractivity contribution in [3.8, 4) is 0 Å². The second-order valence-corrected chi connectivity index (χ2v) is 5.05. The highest BCUT2D eigenvalue weighted by atomic mass is 32.2. The van der Waals surface area contributed by atoms with Gasteiger partial charge in [-0.25, -0.2) is 9.18 Å². The lowest BCUT2D eigenvalue weighted by molar-refractivity contribution is -0.385. The Hall–Kier alpha value is -2.16. The first-order valence-corrected chi connectivity index (χ1v) is 6.62. The first kappa shape index (κ1) is 14.3. The maximum Gasteiger partial charge on any atom is 0.327 e. The molecule has 0 radical (unpaired) electrons. The van der Waals surface area contributed by atoms with E-state index in [0.29, 0.717) is 6.07 Å². The zero-order chi connectivity index (χ0) is 14.9. The van der Waals surface area contributed by atoms with Crippen LogP contribution in [0.1, 0.15) is 10.4 Å². The summed E-state index contributed by atoms with van der Waals surface area (Å²) < 4.78 is 13.7. The Morgan fingerprint density at radius 3 is 2.75 bits per heavy atom. The molecule has 1 aromatic carbocycles. The van der Waals surface area contributed by atoms with E-state index in [2.05, 4.69) is 0 Å². The highest BCUT2D eigenvalue weighted by molar-refractivity contribution is 7.99. The Balaban J connectivity index is 2.29. The van der Waals surface area contributed by atoms with E-state index < -0.39 is 34.3 Å². The van der Waals surface area contributed by atoms with Gasteiger partial charge in [0, 0.05) is 11.8 Å². The van der Waals surface area contributed by atoms with E-state index >= 15 is 0 Å². The number of hydrogen-bond acceptors (Lipinski definition) is 5. The fraction of sp³-hybridized carbons (Fsp3) is 0.273. The molecule has 1 aliphatic rings. The fourth-order valence-corrected chi connectivity index (χ4v) is 2.94. The lowest BCUT2D eigenvalue weighted by Gasteiger charge is -2.20. The zero-order valence-corrected chi connectivity index (χ0v) is 10.8. The Labute approximate surface area is 116 Å². The standard InChI is InChI=1S/C11H9FN2O5S/c12-8-3-6(14(18)19)1-2-7(8)10(15)13-5-20-4-9(13)11(16)17/h1-3,9H,4-5H2,(H,16,17)/t9-/m0/s1. The number of rotatable bonds is 3. The van der Waals surface area contributed by atoms with Gasteiger partial charge in [0.05, 0.1) is 22.4 Å². The summed E-state index contributed by atoms with van der Waals surface area (Å²) in [5.41, 5.74) is -0.839. The summed E-state index contributed by atoms with van der Waals surface area (Å²) >= 11 is 1.25. The van der Waals surface area contributed by atoms with Crippen LogP contribution in [0, 0.1) is 15.9 Å². The maximum absolute atomic E-state index is 13.7. The Kier molecular flexibility index (Phi) is 3.89. The molecule has 0 spiro atoms. The molecule has 0 bridgehead atoms. The normalized spacial score (nSPS) is 18.1. The first-order valence-electron chi connectivity index (χ1n) is 5.47. The van der Waals surface area contributed by atoms with Crippen molar-refractivity contribution in [3.05, 3.63) is 39.7 Å². The van der Waals surface area contributed by atoms with Gasteiger partial charge < -0.3 is 10.0 Å². The molecule has 9 heteroatoms. The van der Waals surface area contributed by atoms with Crippen molar-refractivity contribution in [1.82, 2.24) is 4.90 Å². The first-order chi connectivity index (χ1) is 9.41. The number of carbonyl (C=O) groups excluding carboxylic acids is 1.